The summed E-state index contributed by atoms with van der Waals surface area (Å²) in [5, 5.41) is 15.9. The monoisotopic (exact) mass is 630 g/mol. The minimum Gasteiger partial charge on any atom is -0.507 e. The van der Waals surface area contributed by atoms with E-state index in [-0.39, 0.29) is 23.7 Å². The number of pyridine rings is 1. The molecule has 0 atom stereocenters. The molecule has 6 rings (SSSR count). The predicted molar refractivity (Wildman–Crippen MR) is 181 cm³/mol. The summed E-state index contributed by atoms with van der Waals surface area (Å²) >= 11 is 4.64. The maximum atomic E-state index is 13.5. The van der Waals surface area contributed by atoms with Gasteiger partial charge >= 0.3 is 0 Å². The average molecular weight is 631 g/mol. The number of carbonyl (C=O) groups is 2. The summed E-state index contributed by atoms with van der Waals surface area (Å²) in [6.45, 7) is 8.41. The molecular formula is C35H39ClN4O5. The first kappa shape index (κ1) is 33.3. The van der Waals surface area contributed by atoms with Crippen molar-refractivity contribution in [3.8, 4) is 11.5 Å². The number of aromatic hydroxyl groups is 1. The standard InChI is InChI=1S/C30H26N4O4.C4H10O.CH3Cl/c1-17(2)38-21-9-7-18(8-10-21)29(36)32-20-13-19-14-25(33-28(19)31-16-20)30(37)34-12-11-23-22-5-3-4-6-24(22)27(35)15-26(23)34;1-4(2)5-3;1-2/h3-10,13-17,35H,11-12H2,1-2H3,(H,31,33)(H,32,36);4H,1-3H3;1H3. The molecule has 2 aromatic heterocycles. The number of rotatable bonds is 6. The van der Waals surface area contributed by atoms with E-state index >= 15 is 0 Å². The van der Waals surface area contributed by atoms with Crippen molar-refractivity contribution in [2.24, 2.45) is 0 Å². The van der Waals surface area contributed by atoms with E-state index in [1.165, 1.54) is 6.38 Å². The molecule has 0 saturated carbocycles. The number of aromatic nitrogens is 2. The van der Waals surface area contributed by atoms with Crippen LogP contribution in [0.5, 0.6) is 11.5 Å². The highest BCUT2D eigenvalue weighted by Gasteiger charge is 2.29. The van der Waals surface area contributed by atoms with Crippen molar-refractivity contribution in [1.29, 1.82) is 0 Å². The molecule has 0 unspecified atom stereocenters. The number of carbonyl (C=O) groups excluding carboxylic acids is 2. The number of phenolic OH excluding ortho intramolecular Hbond substituents is 1. The van der Waals surface area contributed by atoms with Crippen molar-refractivity contribution in [3.05, 3.63) is 89.7 Å². The Bertz CT molecular complexity index is 1780. The molecule has 0 spiro atoms. The summed E-state index contributed by atoms with van der Waals surface area (Å²) in [7, 11) is 1.70. The molecule has 0 bridgehead atoms. The number of alkyl halides is 1. The lowest BCUT2D eigenvalue weighted by atomic mass is 10.0. The van der Waals surface area contributed by atoms with E-state index in [1.807, 2.05) is 52.0 Å². The van der Waals surface area contributed by atoms with Gasteiger partial charge < -0.3 is 29.8 Å². The molecule has 1 aliphatic heterocycles. The first-order valence-corrected chi connectivity index (χ1v) is 15.4. The fourth-order valence-corrected chi connectivity index (χ4v) is 4.97. The third-order valence-electron chi connectivity index (χ3n) is 7.15. The second kappa shape index (κ2) is 14.9. The topological polar surface area (TPSA) is 117 Å². The lowest BCUT2D eigenvalue weighted by molar-refractivity contribution is 0.0983. The van der Waals surface area contributed by atoms with Gasteiger partial charge in [-0.2, -0.15) is 0 Å². The van der Waals surface area contributed by atoms with E-state index in [2.05, 4.69) is 26.9 Å². The van der Waals surface area contributed by atoms with Gasteiger partial charge in [-0.1, -0.05) is 24.3 Å². The Kier molecular flexibility index (Phi) is 11.0. The van der Waals surface area contributed by atoms with E-state index < -0.39 is 0 Å². The molecule has 1 aliphatic rings. The molecule has 0 aliphatic carbocycles. The number of methoxy groups -OCH3 is 1. The number of ether oxygens (including phenoxy) is 2. The molecule has 0 fully saturated rings. The highest BCUT2D eigenvalue weighted by molar-refractivity contribution is 6.15. The molecule has 0 radical (unpaired) electrons. The van der Waals surface area contributed by atoms with Crippen LogP contribution < -0.4 is 15.0 Å². The predicted octanol–water partition coefficient (Wildman–Crippen LogP) is 7.56. The summed E-state index contributed by atoms with van der Waals surface area (Å²) in [4.78, 5) is 35.4. The van der Waals surface area contributed by atoms with Gasteiger partial charge in [0.1, 0.15) is 22.8 Å². The Balaban J connectivity index is 0.000000602. The molecule has 10 heteroatoms. The van der Waals surface area contributed by atoms with Crippen LogP contribution >= 0.6 is 11.6 Å². The van der Waals surface area contributed by atoms with Gasteiger partial charge in [-0.05, 0) is 81.5 Å². The number of hydrogen-bond acceptors (Lipinski definition) is 6. The Morgan fingerprint density at radius 2 is 1.64 bits per heavy atom. The number of phenols is 1. The van der Waals surface area contributed by atoms with Crippen LogP contribution in [0.3, 0.4) is 0 Å². The number of H-pyrrole nitrogens is 1. The molecule has 2 amide bonds. The minimum atomic E-state index is -0.269. The second-order valence-electron chi connectivity index (χ2n) is 10.9. The van der Waals surface area contributed by atoms with Gasteiger partial charge in [0.2, 0.25) is 0 Å². The average Bonchev–Trinajstić information content (AvgIpc) is 3.66. The summed E-state index contributed by atoms with van der Waals surface area (Å²) in [6, 6.07) is 19.8. The van der Waals surface area contributed by atoms with Crippen LogP contribution in [0.1, 0.15) is 54.1 Å². The maximum absolute atomic E-state index is 13.5. The molecule has 9 nitrogen and oxygen atoms in total. The largest absolute Gasteiger partial charge is 0.507 e. The molecule has 3 aromatic carbocycles. The van der Waals surface area contributed by atoms with E-state index in [1.54, 1.807) is 60.7 Å². The van der Waals surface area contributed by atoms with Crippen molar-refractivity contribution in [1.82, 2.24) is 9.97 Å². The Morgan fingerprint density at radius 1 is 0.978 bits per heavy atom. The quantitative estimate of drug-likeness (QED) is 0.167. The van der Waals surface area contributed by atoms with E-state index in [4.69, 9.17) is 9.47 Å². The number of aromatic amines is 1. The second-order valence-corrected chi connectivity index (χ2v) is 10.9. The van der Waals surface area contributed by atoms with E-state index in [0.717, 1.165) is 22.0 Å². The molecule has 3 N–H and O–H groups in total. The SMILES string of the molecule is CC(C)Oc1ccc(C(=O)Nc2cnc3[nH]c(C(=O)N4CCc5c4cc(O)c4ccccc54)cc3c2)cc1.CCl.COC(C)C. The first-order chi connectivity index (χ1) is 21.6. The number of nitrogens with zero attached hydrogens (tertiary/aromatic N) is 2. The number of nitrogens with one attached hydrogen (secondary N) is 2. The summed E-state index contributed by atoms with van der Waals surface area (Å²) in [6.07, 6.45) is 4.17. The number of hydrogen-bond donors (Lipinski definition) is 3. The number of halogens is 1. The van der Waals surface area contributed by atoms with Gasteiger partial charge in [0.15, 0.2) is 0 Å². The normalized spacial score (nSPS) is 12.0. The van der Waals surface area contributed by atoms with Gasteiger partial charge in [0.05, 0.1) is 29.8 Å². The molecule has 3 heterocycles. The van der Waals surface area contributed by atoms with Crippen molar-refractivity contribution in [2.45, 2.75) is 46.3 Å². The van der Waals surface area contributed by atoms with Crippen molar-refractivity contribution < 1.29 is 24.2 Å². The van der Waals surface area contributed by atoms with Gasteiger partial charge in [-0.25, -0.2) is 4.98 Å². The van der Waals surface area contributed by atoms with Crippen molar-refractivity contribution in [2.75, 3.05) is 30.3 Å². The van der Waals surface area contributed by atoms with Crippen LogP contribution in [0.25, 0.3) is 21.8 Å². The fourth-order valence-electron chi connectivity index (χ4n) is 4.97. The van der Waals surface area contributed by atoms with Crippen LogP contribution in [0.2, 0.25) is 0 Å². The number of anilines is 2. The fraction of sp³-hybridized carbons (Fsp3) is 0.286. The minimum absolute atomic E-state index is 0.0536. The van der Waals surface area contributed by atoms with Crippen molar-refractivity contribution >= 4 is 56.6 Å². The third-order valence-corrected chi connectivity index (χ3v) is 7.15. The third kappa shape index (κ3) is 7.74. The summed E-state index contributed by atoms with van der Waals surface area (Å²) in [5.41, 5.74) is 3.71. The lowest BCUT2D eigenvalue weighted by Crippen LogP contribution is -2.29. The number of fused-ring (bicyclic) bond motifs is 4. The highest BCUT2D eigenvalue weighted by atomic mass is 35.5. The van der Waals surface area contributed by atoms with Gasteiger partial charge in [0.25, 0.3) is 11.8 Å². The van der Waals surface area contributed by atoms with Gasteiger partial charge in [0, 0.05) is 42.4 Å². The zero-order valence-corrected chi connectivity index (χ0v) is 27.1. The number of benzene rings is 3. The summed E-state index contributed by atoms with van der Waals surface area (Å²) < 4.78 is 10.4. The molecular weight excluding hydrogens is 592 g/mol. The van der Waals surface area contributed by atoms with Crippen molar-refractivity contribution in [3.63, 3.8) is 0 Å². The van der Waals surface area contributed by atoms with Crippen LogP contribution in [-0.4, -0.2) is 59.1 Å². The molecule has 0 saturated heterocycles. The van der Waals surface area contributed by atoms with Crippen LogP contribution in [0.15, 0.2) is 72.9 Å². The molecule has 5 aromatic rings. The van der Waals surface area contributed by atoms with Gasteiger partial charge in [-0.3, -0.25) is 9.59 Å². The van der Waals surface area contributed by atoms with E-state index in [9.17, 15) is 14.7 Å². The van der Waals surface area contributed by atoms with Gasteiger partial charge in [-0.15, -0.1) is 11.6 Å². The summed E-state index contributed by atoms with van der Waals surface area (Å²) in [5.74, 6) is 0.383. The highest BCUT2D eigenvalue weighted by Crippen LogP contribution is 2.40. The zero-order valence-electron chi connectivity index (χ0n) is 26.3. The smallest absolute Gasteiger partial charge is 0.274 e. The van der Waals surface area contributed by atoms with Crippen LogP contribution in [-0.2, 0) is 11.2 Å². The lowest BCUT2D eigenvalue weighted by Gasteiger charge is -2.17. The van der Waals surface area contributed by atoms with Crippen LogP contribution in [0.4, 0.5) is 11.4 Å². The Labute approximate surface area is 268 Å². The number of amides is 2. The molecule has 45 heavy (non-hydrogen) atoms. The Hall–Kier alpha value is -4.60. The zero-order chi connectivity index (χ0) is 32.7. The first-order valence-electron chi connectivity index (χ1n) is 14.7. The van der Waals surface area contributed by atoms with E-state index in [0.29, 0.717) is 52.8 Å². The maximum Gasteiger partial charge on any atom is 0.274 e. The Morgan fingerprint density at radius 3 is 2.29 bits per heavy atom. The molecule has 236 valence electrons. The van der Waals surface area contributed by atoms with Crippen LogP contribution in [0, 0.1) is 0 Å².